The van der Waals surface area contributed by atoms with Gasteiger partial charge < -0.3 is 21.1 Å². The lowest BCUT2D eigenvalue weighted by molar-refractivity contribution is -0.0205. The predicted molar refractivity (Wildman–Crippen MR) is 96.3 cm³/mol. The quantitative estimate of drug-likeness (QED) is 0.601. The Kier molecular flexibility index (Phi) is 3.66. The molecule has 1 saturated heterocycles. The molecule has 144 valence electrons. The van der Waals surface area contributed by atoms with E-state index in [1.165, 1.54) is 12.5 Å². The molecule has 0 radical (unpaired) electrons. The Hall–Kier alpha value is -3.34. The number of carbonyl (C=O) groups excluding carboxylic acids is 1. The first-order valence-corrected chi connectivity index (χ1v) is 8.85. The van der Waals surface area contributed by atoms with Crippen molar-refractivity contribution in [2.24, 2.45) is 0 Å². The first-order chi connectivity index (χ1) is 13.5. The van der Waals surface area contributed by atoms with Crippen LogP contribution in [0.15, 0.2) is 24.9 Å². The van der Waals surface area contributed by atoms with Crippen LogP contribution in [0.1, 0.15) is 29.6 Å². The normalized spacial score (nSPS) is 23.2. The summed E-state index contributed by atoms with van der Waals surface area (Å²) in [5, 5.41) is 10.0. The standard InChI is InChI=1S/C17H17FN8O2/c18-9-5-21-14-12(13(19)25-26(14)7-9)15(27)24-11-6-20-8-22-16(11)28-10-3-17(4-10)1-2-23-17/h5-8,10,23H,1-4H2,(H2,19,25)(H,24,27)/t10-,17+. The van der Waals surface area contributed by atoms with E-state index in [4.69, 9.17) is 10.5 Å². The molecular weight excluding hydrogens is 367 g/mol. The van der Waals surface area contributed by atoms with Gasteiger partial charge >= 0.3 is 0 Å². The number of ether oxygens (including phenoxy) is 1. The van der Waals surface area contributed by atoms with Crippen LogP contribution in [0.3, 0.4) is 0 Å². The fraction of sp³-hybridized carbons (Fsp3) is 0.353. The molecule has 4 heterocycles. The lowest BCUT2D eigenvalue weighted by Crippen LogP contribution is -2.67. The van der Waals surface area contributed by atoms with Crippen molar-refractivity contribution >= 4 is 23.1 Å². The third-order valence-corrected chi connectivity index (χ3v) is 5.24. The molecule has 0 unspecified atom stereocenters. The van der Waals surface area contributed by atoms with Crippen LogP contribution < -0.4 is 21.1 Å². The van der Waals surface area contributed by atoms with Gasteiger partial charge in [-0.05, 0) is 13.0 Å². The largest absolute Gasteiger partial charge is 0.473 e. The second-order valence-electron chi connectivity index (χ2n) is 7.10. The Morgan fingerprint density at radius 2 is 2.21 bits per heavy atom. The number of carbonyl (C=O) groups is 1. The average Bonchev–Trinajstić information content (AvgIpc) is 2.92. The Morgan fingerprint density at radius 1 is 1.39 bits per heavy atom. The smallest absolute Gasteiger partial charge is 0.263 e. The summed E-state index contributed by atoms with van der Waals surface area (Å²) in [7, 11) is 0. The molecule has 4 N–H and O–H groups in total. The van der Waals surface area contributed by atoms with Crippen molar-refractivity contribution in [2.45, 2.75) is 30.9 Å². The van der Waals surface area contributed by atoms with E-state index in [9.17, 15) is 9.18 Å². The maximum absolute atomic E-state index is 13.3. The zero-order valence-electron chi connectivity index (χ0n) is 14.7. The van der Waals surface area contributed by atoms with E-state index in [2.05, 4.69) is 30.7 Å². The minimum atomic E-state index is -0.590. The Labute approximate surface area is 158 Å². The average molecular weight is 384 g/mol. The van der Waals surface area contributed by atoms with Crippen molar-refractivity contribution in [2.75, 3.05) is 17.6 Å². The summed E-state index contributed by atoms with van der Waals surface area (Å²) in [6.07, 6.45) is 7.89. The number of aromatic nitrogens is 5. The molecule has 1 spiro atoms. The number of rotatable bonds is 4. The van der Waals surface area contributed by atoms with Crippen LogP contribution in [-0.2, 0) is 0 Å². The van der Waals surface area contributed by atoms with Gasteiger partial charge in [0.1, 0.15) is 23.7 Å². The molecule has 3 aromatic rings. The summed E-state index contributed by atoms with van der Waals surface area (Å²) in [5.74, 6) is -0.922. The molecule has 1 aliphatic heterocycles. The van der Waals surface area contributed by atoms with Crippen LogP contribution in [0.2, 0.25) is 0 Å². The van der Waals surface area contributed by atoms with Crippen molar-refractivity contribution in [3.05, 3.63) is 36.3 Å². The molecule has 0 atom stereocenters. The molecule has 1 amide bonds. The Bertz CT molecular complexity index is 1070. The molecule has 2 aliphatic rings. The van der Waals surface area contributed by atoms with Crippen LogP contribution in [0.5, 0.6) is 5.88 Å². The third kappa shape index (κ3) is 2.71. The lowest BCUT2D eigenvalue weighted by Gasteiger charge is -2.54. The lowest BCUT2D eigenvalue weighted by atomic mass is 9.68. The van der Waals surface area contributed by atoms with Gasteiger partial charge in [0, 0.05) is 18.4 Å². The number of halogens is 1. The van der Waals surface area contributed by atoms with Gasteiger partial charge in [-0.15, -0.1) is 5.10 Å². The first-order valence-electron chi connectivity index (χ1n) is 8.85. The summed E-state index contributed by atoms with van der Waals surface area (Å²) in [6, 6.07) is 0. The summed E-state index contributed by atoms with van der Waals surface area (Å²) < 4.78 is 20.4. The van der Waals surface area contributed by atoms with E-state index in [1.807, 2.05) is 0 Å². The molecule has 28 heavy (non-hydrogen) atoms. The van der Waals surface area contributed by atoms with Gasteiger partial charge in [-0.2, -0.15) is 4.98 Å². The van der Waals surface area contributed by atoms with Gasteiger partial charge in [-0.25, -0.2) is 18.9 Å². The van der Waals surface area contributed by atoms with Crippen molar-refractivity contribution < 1.29 is 13.9 Å². The highest BCUT2D eigenvalue weighted by Crippen LogP contribution is 2.42. The number of nitrogens with zero attached hydrogens (tertiary/aromatic N) is 5. The van der Waals surface area contributed by atoms with Crippen LogP contribution in [0, 0.1) is 5.82 Å². The topological polar surface area (TPSA) is 132 Å². The van der Waals surface area contributed by atoms with Gasteiger partial charge in [0.05, 0.1) is 18.6 Å². The second kappa shape index (κ2) is 6.09. The monoisotopic (exact) mass is 384 g/mol. The molecule has 5 rings (SSSR count). The Morgan fingerprint density at radius 3 is 2.96 bits per heavy atom. The van der Waals surface area contributed by atoms with Gasteiger partial charge in [0.15, 0.2) is 17.3 Å². The second-order valence-corrected chi connectivity index (χ2v) is 7.10. The molecule has 11 heteroatoms. The van der Waals surface area contributed by atoms with E-state index < -0.39 is 11.7 Å². The summed E-state index contributed by atoms with van der Waals surface area (Å²) in [4.78, 5) is 24.8. The highest BCUT2D eigenvalue weighted by Gasteiger charge is 2.49. The molecule has 1 aliphatic carbocycles. The van der Waals surface area contributed by atoms with E-state index >= 15 is 0 Å². The maximum atomic E-state index is 13.3. The zero-order chi connectivity index (χ0) is 19.3. The molecule has 1 saturated carbocycles. The highest BCUT2D eigenvalue weighted by atomic mass is 19.1. The van der Waals surface area contributed by atoms with Gasteiger partial charge in [0.25, 0.3) is 5.91 Å². The number of nitrogens with two attached hydrogens (primary N) is 1. The van der Waals surface area contributed by atoms with Gasteiger partial charge in [-0.3, -0.25) is 4.79 Å². The van der Waals surface area contributed by atoms with Crippen molar-refractivity contribution in [3.63, 3.8) is 0 Å². The van der Waals surface area contributed by atoms with Crippen LogP contribution in [0.25, 0.3) is 5.65 Å². The summed E-state index contributed by atoms with van der Waals surface area (Å²) >= 11 is 0. The van der Waals surface area contributed by atoms with Crippen LogP contribution in [-0.4, -0.2) is 48.7 Å². The first kappa shape index (κ1) is 16.8. The minimum absolute atomic E-state index is 0.0324. The van der Waals surface area contributed by atoms with Crippen LogP contribution >= 0.6 is 0 Å². The van der Waals surface area contributed by atoms with E-state index in [0.717, 1.165) is 42.7 Å². The molecule has 3 aromatic heterocycles. The number of nitrogen functional groups attached to an aromatic ring is 1. The summed E-state index contributed by atoms with van der Waals surface area (Å²) in [5.41, 5.74) is 6.55. The van der Waals surface area contributed by atoms with Crippen molar-refractivity contribution in [3.8, 4) is 5.88 Å². The molecule has 0 aromatic carbocycles. The van der Waals surface area contributed by atoms with Gasteiger partial charge in [0.2, 0.25) is 5.88 Å². The van der Waals surface area contributed by atoms with Gasteiger partial charge in [-0.1, -0.05) is 0 Å². The summed E-state index contributed by atoms with van der Waals surface area (Å²) in [6.45, 7) is 1.04. The van der Waals surface area contributed by atoms with E-state index in [1.54, 1.807) is 0 Å². The zero-order valence-corrected chi connectivity index (χ0v) is 14.7. The molecule has 2 fully saturated rings. The molecule has 10 nitrogen and oxygen atoms in total. The number of fused-ring (bicyclic) bond motifs is 1. The molecular formula is C17H17FN8O2. The van der Waals surface area contributed by atoms with Crippen LogP contribution in [0.4, 0.5) is 15.9 Å². The van der Waals surface area contributed by atoms with E-state index in [0.29, 0.717) is 5.69 Å². The number of nitrogens with one attached hydrogen (secondary N) is 2. The number of hydrogen-bond acceptors (Lipinski definition) is 8. The molecule has 0 bridgehead atoms. The fourth-order valence-corrected chi connectivity index (χ4v) is 3.71. The SMILES string of the molecule is Nc1nn2cc(F)cnc2c1C(=O)Nc1cncnc1O[C@H]1C[C@]2(CCN2)C1. The third-order valence-electron chi connectivity index (χ3n) is 5.24. The predicted octanol–water partition coefficient (Wildman–Crippen LogP) is 0.766. The highest BCUT2D eigenvalue weighted by molar-refractivity contribution is 6.11. The maximum Gasteiger partial charge on any atom is 0.263 e. The number of amides is 1. The van der Waals surface area contributed by atoms with E-state index in [-0.39, 0.29) is 34.6 Å². The number of hydrogen-bond donors (Lipinski definition) is 3. The number of anilines is 2. The Balaban J connectivity index is 1.36. The van der Waals surface area contributed by atoms with Crippen molar-refractivity contribution in [1.29, 1.82) is 0 Å². The minimum Gasteiger partial charge on any atom is -0.473 e. The fourth-order valence-electron chi connectivity index (χ4n) is 3.71. The van der Waals surface area contributed by atoms with Crippen molar-refractivity contribution in [1.82, 2.24) is 29.9 Å².